The molecule has 0 unspecified atom stereocenters. The fraction of sp³-hybridized carbons (Fsp3) is 0.296. The quantitative estimate of drug-likeness (QED) is 0.447. The Kier molecular flexibility index (Phi) is 6.71. The number of carbonyl (C=O) groups excluding carboxylic acids is 2. The number of halogens is 3. The number of amides is 3. The highest BCUT2D eigenvalue weighted by molar-refractivity contribution is 5.93. The summed E-state index contributed by atoms with van der Waals surface area (Å²) in [5, 5.41) is 7.87. The van der Waals surface area contributed by atoms with E-state index in [-0.39, 0.29) is 35.4 Å². The van der Waals surface area contributed by atoms with Crippen LogP contribution < -0.4 is 25.4 Å². The van der Waals surface area contributed by atoms with Crippen LogP contribution in [0.5, 0.6) is 11.5 Å². The van der Waals surface area contributed by atoms with Crippen molar-refractivity contribution in [3.63, 3.8) is 0 Å². The maximum absolute atomic E-state index is 13.2. The standard InChI is InChI=1S/C27H25F3N4O5/c1-13(38-19-10-11-31-25-16(19)6-9-21(35)33-25)4-7-18-14(2)22-23(24(22)39-18)34-26(36)32-15-5-8-20(37-3)17(12-15)27(28,29)30/h4-5,7-8,10-12,22-24H,2,6,9H2,1,3H3,(H,31,33,35)(H2,32,34,36)/b13-4+,18-7+/t22-,23-,24-/m0/s1. The molecule has 3 amide bonds. The first-order valence-corrected chi connectivity index (χ1v) is 12.1. The summed E-state index contributed by atoms with van der Waals surface area (Å²) in [6, 6.07) is 4.01. The second-order valence-corrected chi connectivity index (χ2v) is 9.27. The normalized spacial score (nSPS) is 22.8. The van der Waals surface area contributed by atoms with Gasteiger partial charge < -0.3 is 30.2 Å². The lowest BCUT2D eigenvalue weighted by molar-refractivity contribution is -0.138. The summed E-state index contributed by atoms with van der Waals surface area (Å²) in [4.78, 5) is 28.2. The molecule has 0 spiro atoms. The van der Waals surface area contributed by atoms with Crippen LogP contribution in [0.15, 0.2) is 66.3 Å². The third kappa shape index (κ3) is 5.40. The number of benzene rings is 1. The Hall–Kier alpha value is -4.48. The molecule has 1 aromatic carbocycles. The lowest BCUT2D eigenvalue weighted by Crippen LogP contribution is -2.34. The molecule has 1 saturated carbocycles. The Balaban J connectivity index is 1.16. The first kappa shape index (κ1) is 26.1. The molecule has 3 N–H and O–H groups in total. The Labute approximate surface area is 221 Å². The number of anilines is 2. The molecular formula is C27H25F3N4O5. The Morgan fingerprint density at radius 2 is 2.05 bits per heavy atom. The second kappa shape index (κ2) is 10.0. The molecule has 2 aliphatic heterocycles. The monoisotopic (exact) mass is 542 g/mol. The lowest BCUT2D eigenvalue weighted by Gasteiger charge is -2.18. The third-order valence-corrected chi connectivity index (χ3v) is 6.61. The van der Waals surface area contributed by atoms with Crippen LogP contribution in [0.2, 0.25) is 0 Å². The molecule has 39 heavy (non-hydrogen) atoms. The smallest absolute Gasteiger partial charge is 0.420 e. The number of carbonyl (C=O) groups is 2. The van der Waals surface area contributed by atoms with Gasteiger partial charge in [-0.25, -0.2) is 9.78 Å². The Morgan fingerprint density at radius 3 is 2.74 bits per heavy atom. The highest BCUT2D eigenvalue weighted by Crippen LogP contribution is 2.51. The Bertz CT molecular complexity index is 1420. The number of nitrogens with one attached hydrogen (secondary N) is 3. The van der Waals surface area contributed by atoms with Gasteiger partial charge in [0.1, 0.15) is 34.9 Å². The summed E-state index contributed by atoms with van der Waals surface area (Å²) >= 11 is 0. The molecule has 5 rings (SSSR count). The zero-order chi connectivity index (χ0) is 27.9. The fourth-order valence-corrected chi connectivity index (χ4v) is 4.63. The van der Waals surface area contributed by atoms with Crippen molar-refractivity contribution in [2.24, 2.45) is 5.92 Å². The molecule has 12 heteroatoms. The van der Waals surface area contributed by atoms with Crippen molar-refractivity contribution in [3.05, 3.63) is 77.4 Å². The van der Waals surface area contributed by atoms with Crippen LogP contribution in [0.4, 0.5) is 29.5 Å². The van der Waals surface area contributed by atoms with E-state index in [0.717, 1.165) is 24.8 Å². The van der Waals surface area contributed by atoms with E-state index >= 15 is 0 Å². The summed E-state index contributed by atoms with van der Waals surface area (Å²) in [6.45, 7) is 5.84. The van der Waals surface area contributed by atoms with Crippen molar-refractivity contribution in [1.82, 2.24) is 10.3 Å². The van der Waals surface area contributed by atoms with Gasteiger partial charge in [0.05, 0.1) is 24.6 Å². The Morgan fingerprint density at radius 1 is 1.26 bits per heavy atom. The number of aromatic nitrogens is 1. The number of fused-ring (bicyclic) bond motifs is 2. The van der Waals surface area contributed by atoms with Crippen molar-refractivity contribution in [2.75, 3.05) is 17.7 Å². The van der Waals surface area contributed by atoms with E-state index in [1.54, 1.807) is 31.3 Å². The molecule has 0 bridgehead atoms. The van der Waals surface area contributed by atoms with Crippen LogP contribution in [0.3, 0.4) is 0 Å². The molecule has 3 atom stereocenters. The zero-order valence-corrected chi connectivity index (χ0v) is 21.0. The van der Waals surface area contributed by atoms with Gasteiger partial charge in [-0.2, -0.15) is 13.2 Å². The summed E-state index contributed by atoms with van der Waals surface area (Å²) in [5.41, 5.74) is 0.518. The predicted molar refractivity (Wildman–Crippen MR) is 135 cm³/mol. The molecule has 3 aliphatic rings. The fourth-order valence-electron chi connectivity index (χ4n) is 4.63. The van der Waals surface area contributed by atoms with E-state index in [1.807, 2.05) is 0 Å². The van der Waals surface area contributed by atoms with Crippen LogP contribution in [0.1, 0.15) is 24.5 Å². The second-order valence-electron chi connectivity index (χ2n) is 9.27. The van der Waals surface area contributed by atoms with Gasteiger partial charge >= 0.3 is 12.2 Å². The number of rotatable bonds is 6. The molecular weight excluding hydrogens is 517 g/mol. The van der Waals surface area contributed by atoms with Gasteiger partial charge in [0, 0.05) is 23.9 Å². The average Bonchev–Trinajstić information content (AvgIpc) is 3.44. The van der Waals surface area contributed by atoms with Gasteiger partial charge in [-0.1, -0.05) is 6.58 Å². The first-order valence-electron chi connectivity index (χ1n) is 12.1. The summed E-state index contributed by atoms with van der Waals surface area (Å²) < 4.78 is 56.3. The number of alkyl halides is 3. The number of allylic oxidation sites excluding steroid dienone is 4. The maximum Gasteiger partial charge on any atom is 0.420 e. The van der Waals surface area contributed by atoms with Crippen molar-refractivity contribution in [3.8, 4) is 11.5 Å². The zero-order valence-electron chi connectivity index (χ0n) is 21.0. The number of hydrogen-bond acceptors (Lipinski definition) is 6. The number of hydrogen-bond donors (Lipinski definition) is 3. The number of pyridine rings is 1. The van der Waals surface area contributed by atoms with Crippen LogP contribution in [0, 0.1) is 5.92 Å². The molecule has 1 saturated heterocycles. The van der Waals surface area contributed by atoms with Gasteiger partial charge in [-0.3, -0.25) is 4.79 Å². The van der Waals surface area contributed by atoms with Crippen molar-refractivity contribution in [2.45, 2.75) is 38.1 Å². The third-order valence-electron chi connectivity index (χ3n) is 6.61. The predicted octanol–water partition coefficient (Wildman–Crippen LogP) is 4.94. The lowest BCUT2D eigenvalue weighted by atomic mass is 10.1. The van der Waals surface area contributed by atoms with Gasteiger partial charge in [0.2, 0.25) is 5.91 Å². The van der Waals surface area contributed by atoms with E-state index in [0.29, 0.717) is 41.5 Å². The van der Waals surface area contributed by atoms with E-state index < -0.39 is 17.8 Å². The van der Waals surface area contributed by atoms with Gasteiger partial charge in [-0.15, -0.1) is 0 Å². The largest absolute Gasteiger partial charge is 0.496 e. The highest BCUT2D eigenvalue weighted by atomic mass is 19.4. The minimum Gasteiger partial charge on any atom is -0.496 e. The minimum atomic E-state index is -4.63. The van der Waals surface area contributed by atoms with Crippen LogP contribution in [-0.4, -0.2) is 36.2 Å². The van der Waals surface area contributed by atoms with Crippen LogP contribution in [0.25, 0.3) is 0 Å². The summed E-state index contributed by atoms with van der Waals surface area (Å²) in [5.74, 6) is 1.68. The van der Waals surface area contributed by atoms with E-state index in [2.05, 4.69) is 27.5 Å². The van der Waals surface area contributed by atoms with Crippen molar-refractivity contribution in [1.29, 1.82) is 0 Å². The van der Waals surface area contributed by atoms with Gasteiger partial charge in [0.15, 0.2) is 0 Å². The summed E-state index contributed by atoms with van der Waals surface area (Å²) in [7, 11) is 1.14. The molecule has 1 aliphatic carbocycles. The number of methoxy groups -OCH3 is 1. The van der Waals surface area contributed by atoms with Crippen molar-refractivity contribution < 1.29 is 37.0 Å². The van der Waals surface area contributed by atoms with E-state index in [1.165, 1.54) is 6.07 Å². The molecule has 2 aromatic rings. The first-order chi connectivity index (χ1) is 18.5. The minimum absolute atomic E-state index is 0.0229. The summed E-state index contributed by atoms with van der Waals surface area (Å²) in [6.07, 6.45) is 0.971. The number of ether oxygens (including phenoxy) is 3. The van der Waals surface area contributed by atoms with Gasteiger partial charge in [0.25, 0.3) is 0 Å². The van der Waals surface area contributed by atoms with Crippen LogP contribution in [-0.2, 0) is 22.1 Å². The molecule has 204 valence electrons. The molecule has 0 radical (unpaired) electrons. The van der Waals surface area contributed by atoms with Gasteiger partial charge in [-0.05, 0) is 55.3 Å². The SMILES string of the molecule is C=C1/C(=C\C=C(/C)Oc2ccnc3c2CCC(=O)N3)O[C@@H]2[C@@H](NC(=O)Nc3ccc(OC)c(C(F)(F)F)c3)[C@H]12. The van der Waals surface area contributed by atoms with E-state index in [9.17, 15) is 22.8 Å². The molecule has 2 fully saturated rings. The highest BCUT2D eigenvalue weighted by Gasteiger charge is 2.60. The molecule has 3 heterocycles. The maximum atomic E-state index is 13.2. The number of urea groups is 1. The van der Waals surface area contributed by atoms with Crippen LogP contribution >= 0.6 is 0 Å². The molecule has 1 aromatic heterocycles. The number of nitrogens with zero attached hydrogens (tertiary/aromatic N) is 1. The topological polar surface area (TPSA) is 111 Å². The average molecular weight is 543 g/mol. The van der Waals surface area contributed by atoms with E-state index in [4.69, 9.17) is 14.2 Å². The van der Waals surface area contributed by atoms with Crippen molar-refractivity contribution >= 4 is 23.4 Å². The molecule has 9 nitrogen and oxygen atoms in total.